The van der Waals surface area contributed by atoms with Crippen molar-refractivity contribution in [3.8, 4) is 0 Å². The number of aliphatic hydroxyl groups is 1. The fourth-order valence-corrected chi connectivity index (χ4v) is 3.94. The Kier molecular flexibility index (Phi) is 4.65. The highest BCUT2D eigenvalue weighted by molar-refractivity contribution is 5.80. The Morgan fingerprint density at radius 2 is 2.17 bits per heavy atom. The lowest BCUT2D eigenvalue weighted by Crippen LogP contribution is -2.54. The zero-order valence-electron chi connectivity index (χ0n) is 14.4. The molecule has 1 fully saturated rings. The minimum absolute atomic E-state index is 0.414. The van der Waals surface area contributed by atoms with E-state index in [2.05, 4.69) is 33.7 Å². The van der Waals surface area contributed by atoms with E-state index in [4.69, 9.17) is 0 Å². The van der Waals surface area contributed by atoms with Crippen LogP contribution < -0.4 is 0 Å². The summed E-state index contributed by atoms with van der Waals surface area (Å²) in [6.07, 6.45) is 3.04. The first kappa shape index (κ1) is 17.0. The van der Waals surface area contributed by atoms with Gasteiger partial charge < -0.3 is 14.8 Å². The number of benzene rings is 1. The Morgan fingerprint density at radius 3 is 2.83 bits per heavy atom. The summed E-state index contributed by atoms with van der Waals surface area (Å²) in [5.74, 6) is -0.860. The molecular formula is C19H26N2O3. The average Bonchev–Trinajstić information content (AvgIpc) is 2.91. The largest absolute Gasteiger partial charge is 0.481 e. The second kappa shape index (κ2) is 6.57. The molecule has 2 heterocycles. The highest BCUT2D eigenvalue weighted by atomic mass is 16.4. The van der Waals surface area contributed by atoms with E-state index in [1.165, 1.54) is 16.5 Å². The van der Waals surface area contributed by atoms with Crippen molar-refractivity contribution in [1.82, 2.24) is 9.47 Å². The van der Waals surface area contributed by atoms with Crippen LogP contribution in [0, 0.1) is 5.41 Å². The molecule has 0 amide bonds. The number of carboxylic acid groups (broad SMARTS) is 1. The zero-order chi connectivity index (χ0) is 17.3. The third-order valence-corrected chi connectivity index (χ3v) is 5.42. The number of aryl methyl sites for hydroxylation is 1. The Hall–Kier alpha value is -1.85. The van der Waals surface area contributed by atoms with E-state index in [1.807, 2.05) is 20.2 Å². The molecule has 2 N–H and O–H groups in total. The molecule has 0 bridgehead atoms. The van der Waals surface area contributed by atoms with Crippen molar-refractivity contribution < 1.29 is 15.0 Å². The topological polar surface area (TPSA) is 65.7 Å². The second-order valence-electron chi connectivity index (χ2n) is 7.03. The van der Waals surface area contributed by atoms with Gasteiger partial charge >= 0.3 is 5.97 Å². The molecule has 1 aliphatic rings. The molecule has 0 saturated carbocycles. The van der Waals surface area contributed by atoms with Crippen molar-refractivity contribution in [2.75, 3.05) is 13.1 Å². The van der Waals surface area contributed by atoms with Gasteiger partial charge in [-0.3, -0.25) is 9.69 Å². The number of nitrogens with zero attached hydrogens (tertiary/aromatic N) is 2. The van der Waals surface area contributed by atoms with Crippen LogP contribution in [0.4, 0.5) is 0 Å². The van der Waals surface area contributed by atoms with Crippen LogP contribution in [-0.2, 0) is 18.4 Å². The van der Waals surface area contributed by atoms with Crippen molar-refractivity contribution in [2.45, 2.75) is 38.8 Å². The molecule has 2 aromatic rings. The van der Waals surface area contributed by atoms with Crippen LogP contribution in [0.25, 0.3) is 10.9 Å². The highest BCUT2D eigenvalue weighted by Crippen LogP contribution is 2.37. The number of rotatable bonds is 5. The quantitative estimate of drug-likeness (QED) is 0.884. The van der Waals surface area contributed by atoms with E-state index in [-0.39, 0.29) is 0 Å². The minimum atomic E-state index is -0.979. The number of hydrogen-bond donors (Lipinski definition) is 2. The Balaban J connectivity index is 1.73. The molecule has 130 valence electrons. The van der Waals surface area contributed by atoms with Gasteiger partial charge in [-0.05, 0) is 42.5 Å². The number of carboxylic acids is 1. The summed E-state index contributed by atoms with van der Waals surface area (Å²) in [6.45, 7) is 3.82. The van der Waals surface area contributed by atoms with Crippen LogP contribution in [0.3, 0.4) is 0 Å². The molecule has 0 spiro atoms. The predicted molar refractivity (Wildman–Crippen MR) is 93.8 cm³/mol. The maximum Gasteiger partial charge on any atom is 0.312 e. The molecule has 2 atom stereocenters. The van der Waals surface area contributed by atoms with Crippen molar-refractivity contribution in [3.05, 3.63) is 36.0 Å². The molecular weight excluding hydrogens is 304 g/mol. The summed E-state index contributed by atoms with van der Waals surface area (Å²) >= 11 is 0. The fraction of sp³-hybridized carbons (Fsp3) is 0.526. The SMILES string of the molecule is CCC[C@]1(C(=O)O)CCN(Cc2ccc3ccn(C)c3c2)C[C@H]1O. The van der Waals surface area contributed by atoms with Gasteiger partial charge in [-0.15, -0.1) is 0 Å². The van der Waals surface area contributed by atoms with E-state index in [0.29, 0.717) is 25.9 Å². The summed E-state index contributed by atoms with van der Waals surface area (Å²) in [5.41, 5.74) is 1.40. The maximum atomic E-state index is 11.7. The molecule has 1 aliphatic heterocycles. The van der Waals surface area contributed by atoms with Crippen LogP contribution in [0.2, 0.25) is 0 Å². The first-order chi connectivity index (χ1) is 11.5. The van der Waals surface area contributed by atoms with E-state index in [1.54, 1.807) is 0 Å². The summed E-state index contributed by atoms with van der Waals surface area (Å²) < 4.78 is 2.10. The van der Waals surface area contributed by atoms with E-state index in [0.717, 1.165) is 13.0 Å². The molecule has 1 saturated heterocycles. The molecule has 3 rings (SSSR count). The van der Waals surface area contributed by atoms with Crippen LogP contribution >= 0.6 is 0 Å². The number of aromatic nitrogens is 1. The van der Waals surface area contributed by atoms with E-state index in [9.17, 15) is 15.0 Å². The van der Waals surface area contributed by atoms with Gasteiger partial charge in [-0.25, -0.2) is 0 Å². The van der Waals surface area contributed by atoms with Crippen LogP contribution in [-0.4, -0.2) is 44.8 Å². The Morgan fingerprint density at radius 1 is 1.38 bits per heavy atom. The average molecular weight is 330 g/mol. The van der Waals surface area contributed by atoms with Crippen LogP contribution in [0.5, 0.6) is 0 Å². The smallest absolute Gasteiger partial charge is 0.312 e. The summed E-state index contributed by atoms with van der Waals surface area (Å²) in [5, 5.41) is 21.4. The van der Waals surface area contributed by atoms with Crippen molar-refractivity contribution >= 4 is 16.9 Å². The molecule has 1 aromatic heterocycles. The molecule has 24 heavy (non-hydrogen) atoms. The number of aliphatic hydroxyl groups excluding tert-OH is 1. The fourth-order valence-electron chi connectivity index (χ4n) is 3.94. The lowest BCUT2D eigenvalue weighted by Gasteiger charge is -2.42. The normalized spacial score (nSPS) is 25.2. The first-order valence-corrected chi connectivity index (χ1v) is 8.64. The third kappa shape index (κ3) is 2.94. The third-order valence-electron chi connectivity index (χ3n) is 5.42. The van der Waals surface area contributed by atoms with Crippen molar-refractivity contribution in [1.29, 1.82) is 0 Å². The van der Waals surface area contributed by atoms with Gasteiger partial charge in [0.2, 0.25) is 0 Å². The first-order valence-electron chi connectivity index (χ1n) is 8.64. The molecule has 5 heteroatoms. The monoisotopic (exact) mass is 330 g/mol. The number of fused-ring (bicyclic) bond motifs is 1. The summed E-state index contributed by atoms with van der Waals surface area (Å²) in [6, 6.07) is 8.49. The van der Waals surface area contributed by atoms with Gasteiger partial charge in [0.1, 0.15) is 0 Å². The van der Waals surface area contributed by atoms with Gasteiger partial charge in [0.25, 0.3) is 0 Å². The highest BCUT2D eigenvalue weighted by Gasteiger charge is 2.47. The van der Waals surface area contributed by atoms with Gasteiger partial charge in [0.05, 0.1) is 11.5 Å². The van der Waals surface area contributed by atoms with Crippen LogP contribution in [0.15, 0.2) is 30.5 Å². The van der Waals surface area contributed by atoms with Gasteiger partial charge in [0, 0.05) is 31.9 Å². The molecule has 0 aliphatic carbocycles. The maximum absolute atomic E-state index is 11.7. The number of β-amino-alcohol motifs (C(OH)–C–C–N with tert-alkyl or cyclic N) is 1. The molecule has 5 nitrogen and oxygen atoms in total. The summed E-state index contributed by atoms with van der Waals surface area (Å²) in [4.78, 5) is 13.9. The molecule has 0 unspecified atom stereocenters. The summed E-state index contributed by atoms with van der Waals surface area (Å²) in [7, 11) is 2.03. The van der Waals surface area contributed by atoms with Gasteiger partial charge in [-0.1, -0.05) is 25.5 Å². The number of aliphatic carboxylic acids is 1. The van der Waals surface area contributed by atoms with Crippen molar-refractivity contribution in [2.24, 2.45) is 12.5 Å². The second-order valence-corrected chi connectivity index (χ2v) is 7.03. The number of likely N-dealkylation sites (tertiary alicyclic amines) is 1. The standard InChI is InChI=1S/C19H26N2O3/c1-3-7-19(18(23)24)8-10-21(13-17(19)22)12-14-4-5-15-6-9-20(2)16(15)11-14/h4-6,9,11,17,22H,3,7-8,10,12-13H2,1-2H3,(H,23,24)/t17-,19+/m1/s1. The predicted octanol–water partition coefficient (Wildman–Crippen LogP) is 2.62. The van der Waals surface area contributed by atoms with Gasteiger partial charge in [0.15, 0.2) is 0 Å². The lowest BCUT2D eigenvalue weighted by atomic mass is 9.73. The van der Waals surface area contributed by atoms with Gasteiger partial charge in [-0.2, -0.15) is 0 Å². The van der Waals surface area contributed by atoms with E-state index < -0.39 is 17.5 Å². The van der Waals surface area contributed by atoms with E-state index >= 15 is 0 Å². The Bertz CT molecular complexity index is 739. The van der Waals surface area contributed by atoms with Crippen LogP contribution in [0.1, 0.15) is 31.7 Å². The number of piperidine rings is 1. The van der Waals surface area contributed by atoms with Crippen molar-refractivity contribution in [3.63, 3.8) is 0 Å². The number of hydrogen-bond acceptors (Lipinski definition) is 3. The minimum Gasteiger partial charge on any atom is -0.481 e. The lowest BCUT2D eigenvalue weighted by molar-refractivity contribution is -0.164. The zero-order valence-corrected chi connectivity index (χ0v) is 14.4. The Labute approximate surface area is 142 Å². The molecule has 0 radical (unpaired) electrons. The number of carbonyl (C=O) groups is 1. The molecule has 1 aromatic carbocycles.